The van der Waals surface area contributed by atoms with Crippen LogP contribution in [0.3, 0.4) is 0 Å². The quantitative estimate of drug-likeness (QED) is 0.452. The maximum absolute atomic E-state index is 12.1. The second-order valence-electron chi connectivity index (χ2n) is 5.48. The molecule has 2 aromatic rings. The maximum atomic E-state index is 12.1. The van der Waals surface area contributed by atoms with E-state index in [0.717, 1.165) is 16.7 Å². The number of rotatable bonds is 6. The minimum Gasteiger partial charge on any atom is -0.493 e. The van der Waals surface area contributed by atoms with Crippen LogP contribution in [-0.2, 0) is 4.79 Å². The molecule has 5 heteroatoms. The van der Waals surface area contributed by atoms with Gasteiger partial charge in [0.25, 0.3) is 0 Å². The van der Waals surface area contributed by atoms with Gasteiger partial charge in [-0.15, -0.1) is 0 Å². The molecule has 132 valence electrons. The largest absolute Gasteiger partial charge is 0.493 e. The molecule has 0 aromatic heterocycles. The molecule has 0 spiro atoms. The fourth-order valence-corrected chi connectivity index (χ4v) is 2.42. The zero-order valence-electron chi connectivity index (χ0n) is 15.1. The third-order valence-corrected chi connectivity index (χ3v) is 3.64. The van der Waals surface area contributed by atoms with Gasteiger partial charge in [-0.05, 0) is 49.2 Å². The second-order valence-corrected chi connectivity index (χ2v) is 5.48. The van der Waals surface area contributed by atoms with Crippen molar-refractivity contribution in [3.63, 3.8) is 0 Å². The van der Waals surface area contributed by atoms with E-state index in [1.54, 1.807) is 38.5 Å². The van der Waals surface area contributed by atoms with E-state index < -0.39 is 5.97 Å². The first kappa shape index (κ1) is 18.4. The lowest BCUT2D eigenvalue weighted by Gasteiger charge is -2.12. The average molecular weight is 342 g/mol. The number of aryl methyl sites for hydroxylation is 2. The molecular formula is C20H22O5. The van der Waals surface area contributed by atoms with Crippen LogP contribution in [0.5, 0.6) is 23.0 Å². The molecule has 0 aliphatic rings. The number of ether oxygens (including phenoxy) is 4. The van der Waals surface area contributed by atoms with E-state index in [-0.39, 0.29) is 0 Å². The number of esters is 1. The first-order valence-corrected chi connectivity index (χ1v) is 7.75. The Labute approximate surface area is 147 Å². The Morgan fingerprint density at radius 1 is 0.880 bits per heavy atom. The monoisotopic (exact) mass is 342 g/mol. The molecule has 0 bridgehead atoms. The first-order chi connectivity index (χ1) is 12.0. The highest BCUT2D eigenvalue weighted by molar-refractivity contribution is 5.89. The summed E-state index contributed by atoms with van der Waals surface area (Å²) in [7, 11) is 4.62. The van der Waals surface area contributed by atoms with Crippen molar-refractivity contribution in [2.45, 2.75) is 13.8 Å². The van der Waals surface area contributed by atoms with Crippen molar-refractivity contribution in [2.24, 2.45) is 0 Å². The summed E-state index contributed by atoms with van der Waals surface area (Å²) >= 11 is 0. The van der Waals surface area contributed by atoms with Crippen LogP contribution in [0.4, 0.5) is 0 Å². The van der Waals surface area contributed by atoms with Crippen molar-refractivity contribution >= 4 is 12.0 Å². The zero-order valence-corrected chi connectivity index (χ0v) is 15.1. The van der Waals surface area contributed by atoms with E-state index in [2.05, 4.69) is 0 Å². The summed E-state index contributed by atoms with van der Waals surface area (Å²) in [6, 6.07) is 9.16. The van der Waals surface area contributed by atoms with Gasteiger partial charge in [0.1, 0.15) is 5.75 Å². The van der Waals surface area contributed by atoms with E-state index >= 15 is 0 Å². The highest BCUT2D eigenvalue weighted by Gasteiger charge is 2.12. The van der Waals surface area contributed by atoms with Crippen LogP contribution in [0.25, 0.3) is 6.08 Å². The summed E-state index contributed by atoms with van der Waals surface area (Å²) in [4.78, 5) is 12.1. The van der Waals surface area contributed by atoms with Crippen LogP contribution in [0.15, 0.2) is 36.4 Å². The van der Waals surface area contributed by atoms with Crippen molar-refractivity contribution in [2.75, 3.05) is 21.3 Å². The van der Waals surface area contributed by atoms with E-state index in [9.17, 15) is 4.79 Å². The van der Waals surface area contributed by atoms with Crippen molar-refractivity contribution in [1.82, 2.24) is 0 Å². The third-order valence-electron chi connectivity index (χ3n) is 3.64. The molecule has 0 fully saturated rings. The Hall–Kier alpha value is -2.95. The minimum absolute atomic E-state index is 0.458. The van der Waals surface area contributed by atoms with Crippen LogP contribution in [0.2, 0.25) is 0 Å². The summed E-state index contributed by atoms with van der Waals surface area (Å²) in [5.74, 6) is 1.62. The molecule has 2 rings (SSSR count). The summed E-state index contributed by atoms with van der Waals surface area (Å²) in [5, 5.41) is 0. The molecule has 2 aromatic carbocycles. The second kappa shape index (κ2) is 8.24. The Morgan fingerprint density at radius 2 is 1.52 bits per heavy atom. The van der Waals surface area contributed by atoms with E-state index in [0.29, 0.717) is 23.0 Å². The molecule has 0 heterocycles. The number of hydrogen-bond acceptors (Lipinski definition) is 5. The van der Waals surface area contributed by atoms with Gasteiger partial charge in [-0.2, -0.15) is 0 Å². The SMILES string of the molecule is COc1cc(/C=C/C(=O)Oc2ccc(C)cc2C)cc(OC)c1OC. The van der Waals surface area contributed by atoms with Crippen molar-refractivity contribution in [3.8, 4) is 23.0 Å². The molecule has 0 saturated carbocycles. The molecule has 5 nitrogen and oxygen atoms in total. The molecule has 0 unspecified atom stereocenters. The van der Waals surface area contributed by atoms with E-state index in [4.69, 9.17) is 18.9 Å². The lowest BCUT2D eigenvalue weighted by atomic mass is 10.1. The fraction of sp³-hybridized carbons (Fsp3) is 0.250. The Morgan fingerprint density at radius 3 is 2.04 bits per heavy atom. The van der Waals surface area contributed by atoms with Gasteiger partial charge in [0.05, 0.1) is 21.3 Å². The molecule has 0 radical (unpaired) electrons. The molecule has 25 heavy (non-hydrogen) atoms. The van der Waals surface area contributed by atoms with Crippen LogP contribution in [-0.4, -0.2) is 27.3 Å². The number of methoxy groups -OCH3 is 3. The Bertz CT molecular complexity index is 768. The standard InChI is InChI=1S/C20H22O5/c1-13-6-8-16(14(2)10-13)25-19(21)9-7-15-11-17(22-3)20(24-5)18(12-15)23-4/h6-12H,1-5H3/b9-7+. The van der Waals surface area contributed by atoms with Crippen LogP contribution in [0.1, 0.15) is 16.7 Å². The molecule has 0 aliphatic carbocycles. The van der Waals surface area contributed by atoms with Crippen LogP contribution < -0.4 is 18.9 Å². The summed E-state index contributed by atoms with van der Waals surface area (Å²) in [6.07, 6.45) is 3.00. The molecule has 0 N–H and O–H groups in total. The smallest absolute Gasteiger partial charge is 0.336 e. The highest BCUT2D eigenvalue weighted by Crippen LogP contribution is 2.38. The van der Waals surface area contributed by atoms with Gasteiger partial charge in [0, 0.05) is 6.08 Å². The van der Waals surface area contributed by atoms with E-state index in [1.165, 1.54) is 13.2 Å². The van der Waals surface area contributed by atoms with E-state index in [1.807, 2.05) is 26.0 Å². The van der Waals surface area contributed by atoms with Crippen molar-refractivity contribution in [1.29, 1.82) is 0 Å². The van der Waals surface area contributed by atoms with Gasteiger partial charge < -0.3 is 18.9 Å². The lowest BCUT2D eigenvalue weighted by molar-refractivity contribution is -0.128. The van der Waals surface area contributed by atoms with Gasteiger partial charge in [0.2, 0.25) is 5.75 Å². The summed E-state index contributed by atoms with van der Waals surface area (Å²) in [6.45, 7) is 3.89. The number of carbonyl (C=O) groups is 1. The van der Waals surface area contributed by atoms with Crippen LogP contribution in [0, 0.1) is 13.8 Å². The molecule has 0 amide bonds. The summed E-state index contributed by atoms with van der Waals surface area (Å²) in [5.41, 5.74) is 2.76. The Balaban J connectivity index is 2.19. The number of carbonyl (C=O) groups excluding carboxylic acids is 1. The van der Waals surface area contributed by atoms with Gasteiger partial charge in [-0.25, -0.2) is 4.79 Å². The molecule has 0 aliphatic heterocycles. The predicted molar refractivity (Wildman–Crippen MR) is 96.7 cm³/mol. The molecule has 0 atom stereocenters. The highest BCUT2D eigenvalue weighted by atomic mass is 16.5. The zero-order chi connectivity index (χ0) is 18.4. The Kier molecular flexibility index (Phi) is 6.06. The normalized spacial score (nSPS) is 10.6. The fourth-order valence-electron chi connectivity index (χ4n) is 2.42. The number of benzene rings is 2. The third kappa shape index (κ3) is 4.53. The summed E-state index contributed by atoms with van der Waals surface area (Å²) < 4.78 is 21.2. The maximum Gasteiger partial charge on any atom is 0.336 e. The van der Waals surface area contributed by atoms with Gasteiger partial charge in [-0.3, -0.25) is 0 Å². The van der Waals surface area contributed by atoms with Crippen LogP contribution >= 0.6 is 0 Å². The van der Waals surface area contributed by atoms with Crippen molar-refractivity contribution in [3.05, 3.63) is 53.1 Å². The lowest BCUT2D eigenvalue weighted by Crippen LogP contribution is -2.05. The molecular weight excluding hydrogens is 320 g/mol. The molecule has 0 saturated heterocycles. The predicted octanol–water partition coefficient (Wildman–Crippen LogP) is 3.95. The minimum atomic E-state index is -0.458. The topological polar surface area (TPSA) is 54.0 Å². The number of hydrogen-bond donors (Lipinski definition) is 0. The van der Waals surface area contributed by atoms with Gasteiger partial charge >= 0.3 is 5.97 Å². The van der Waals surface area contributed by atoms with Crippen molar-refractivity contribution < 1.29 is 23.7 Å². The first-order valence-electron chi connectivity index (χ1n) is 7.75. The van der Waals surface area contributed by atoms with Gasteiger partial charge in [0.15, 0.2) is 11.5 Å². The van der Waals surface area contributed by atoms with Gasteiger partial charge in [-0.1, -0.05) is 17.7 Å². The average Bonchev–Trinajstić information content (AvgIpc) is 2.61.